The van der Waals surface area contributed by atoms with E-state index in [1.807, 2.05) is 0 Å². The topological polar surface area (TPSA) is 58.9 Å². The van der Waals surface area contributed by atoms with Gasteiger partial charge in [-0.25, -0.2) is 0 Å². The number of nitrogens with two attached hydrogens (primary N) is 1. The van der Waals surface area contributed by atoms with Crippen LogP contribution in [0.2, 0.25) is 0 Å². The highest BCUT2D eigenvalue weighted by Gasteiger charge is 2.52. The van der Waals surface area contributed by atoms with Crippen molar-refractivity contribution in [3.63, 3.8) is 0 Å². The lowest BCUT2D eigenvalue weighted by molar-refractivity contribution is -0.132. The normalized spacial score (nSPS) is 45.2. The standard InChI is InChI=1S/C6H10N2O2/c1-8-4(9)2-3(7)5-6(8)10-5/h3,5-6H,2,7H2,1H3. The zero-order chi connectivity index (χ0) is 7.30. The molecule has 0 saturated carbocycles. The molecule has 4 nitrogen and oxygen atoms in total. The molecule has 2 N–H and O–H groups in total. The number of likely N-dealkylation sites (tertiary alicyclic amines) is 1. The number of fused-ring (bicyclic) bond motifs is 1. The largest absolute Gasteiger partial charge is 0.346 e. The maximum atomic E-state index is 11.0. The van der Waals surface area contributed by atoms with Crippen LogP contribution in [-0.2, 0) is 9.53 Å². The first kappa shape index (κ1) is 6.12. The Labute approximate surface area is 58.9 Å². The summed E-state index contributed by atoms with van der Waals surface area (Å²) in [5.74, 6) is 0.0891. The van der Waals surface area contributed by atoms with Crippen molar-refractivity contribution >= 4 is 5.91 Å². The van der Waals surface area contributed by atoms with E-state index in [2.05, 4.69) is 0 Å². The average Bonchev–Trinajstić information content (AvgIpc) is 2.61. The molecular formula is C6H10N2O2. The number of amides is 1. The van der Waals surface area contributed by atoms with Gasteiger partial charge in [0, 0.05) is 19.5 Å². The maximum absolute atomic E-state index is 11.0. The Morgan fingerprint density at radius 2 is 2.50 bits per heavy atom. The van der Waals surface area contributed by atoms with E-state index in [-0.39, 0.29) is 24.3 Å². The minimum atomic E-state index is -0.0753. The Morgan fingerprint density at radius 3 is 3.20 bits per heavy atom. The summed E-state index contributed by atoms with van der Waals surface area (Å²) in [6.45, 7) is 0. The van der Waals surface area contributed by atoms with Crippen molar-refractivity contribution in [3.8, 4) is 0 Å². The van der Waals surface area contributed by atoms with Crippen molar-refractivity contribution in [3.05, 3.63) is 0 Å². The first-order valence-corrected chi connectivity index (χ1v) is 3.37. The molecule has 56 valence electrons. The molecule has 2 fully saturated rings. The van der Waals surface area contributed by atoms with Gasteiger partial charge < -0.3 is 15.4 Å². The summed E-state index contributed by atoms with van der Waals surface area (Å²) in [4.78, 5) is 12.6. The van der Waals surface area contributed by atoms with Gasteiger partial charge in [0.25, 0.3) is 0 Å². The summed E-state index contributed by atoms with van der Waals surface area (Å²) >= 11 is 0. The third-order valence-electron chi connectivity index (χ3n) is 2.11. The van der Waals surface area contributed by atoms with E-state index in [4.69, 9.17) is 10.5 Å². The monoisotopic (exact) mass is 142 g/mol. The van der Waals surface area contributed by atoms with Crippen molar-refractivity contribution < 1.29 is 9.53 Å². The Bertz CT molecular complexity index is 183. The molecule has 0 spiro atoms. The van der Waals surface area contributed by atoms with Gasteiger partial charge in [-0.15, -0.1) is 0 Å². The minimum Gasteiger partial charge on any atom is -0.346 e. The van der Waals surface area contributed by atoms with Gasteiger partial charge in [-0.1, -0.05) is 0 Å². The van der Waals surface area contributed by atoms with Crippen molar-refractivity contribution in [2.24, 2.45) is 5.73 Å². The lowest BCUT2D eigenvalue weighted by Gasteiger charge is -2.21. The van der Waals surface area contributed by atoms with Crippen molar-refractivity contribution in [2.75, 3.05) is 7.05 Å². The third kappa shape index (κ3) is 0.660. The SMILES string of the molecule is CN1C(=O)CC(N)C2OC21. The maximum Gasteiger partial charge on any atom is 0.226 e. The van der Waals surface area contributed by atoms with E-state index in [0.29, 0.717) is 6.42 Å². The van der Waals surface area contributed by atoms with Crippen LogP contribution in [-0.4, -0.2) is 36.2 Å². The van der Waals surface area contributed by atoms with Gasteiger partial charge in [-0.3, -0.25) is 4.79 Å². The molecule has 4 heteroatoms. The fraction of sp³-hybridized carbons (Fsp3) is 0.833. The number of carbonyl (C=O) groups excluding carboxylic acids is 1. The highest BCUT2D eigenvalue weighted by Crippen LogP contribution is 2.32. The molecule has 2 aliphatic rings. The van der Waals surface area contributed by atoms with Crippen LogP contribution in [0.25, 0.3) is 0 Å². The van der Waals surface area contributed by atoms with Crippen molar-refractivity contribution in [1.82, 2.24) is 4.90 Å². The van der Waals surface area contributed by atoms with Crippen LogP contribution in [0.15, 0.2) is 0 Å². The van der Waals surface area contributed by atoms with Crippen molar-refractivity contribution in [1.29, 1.82) is 0 Å². The van der Waals surface area contributed by atoms with Gasteiger partial charge >= 0.3 is 0 Å². The smallest absolute Gasteiger partial charge is 0.226 e. The molecule has 2 heterocycles. The summed E-state index contributed by atoms with van der Waals surface area (Å²) in [7, 11) is 1.75. The second kappa shape index (κ2) is 1.71. The molecule has 0 bridgehead atoms. The van der Waals surface area contributed by atoms with E-state index in [0.717, 1.165) is 0 Å². The van der Waals surface area contributed by atoms with Crippen LogP contribution in [0.3, 0.4) is 0 Å². The summed E-state index contributed by atoms with van der Waals surface area (Å²) in [6, 6.07) is -0.0753. The molecule has 3 unspecified atom stereocenters. The molecular weight excluding hydrogens is 132 g/mol. The fourth-order valence-corrected chi connectivity index (χ4v) is 1.34. The van der Waals surface area contributed by atoms with Gasteiger partial charge in [0.15, 0.2) is 6.23 Å². The number of hydrogen-bond acceptors (Lipinski definition) is 3. The predicted octanol–water partition coefficient (Wildman–Crippen LogP) is -1.10. The van der Waals surface area contributed by atoms with Crippen LogP contribution in [0, 0.1) is 0 Å². The molecule has 1 amide bonds. The highest BCUT2D eigenvalue weighted by molar-refractivity contribution is 5.78. The molecule has 2 aliphatic heterocycles. The fourth-order valence-electron chi connectivity index (χ4n) is 1.34. The molecule has 2 rings (SSSR count). The van der Waals surface area contributed by atoms with Gasteiger partial charge in [-0.05, 0) is 0 Å². The first-order chi connectivity index (χ1) is 4.70. The second-order valence-electron chi connectivity index (χ2n) is 2.86. The number of hydrogen-bond donors (Lipinski definition) is 1. The molecule has 0 radical (unpaired) electrons. The lowest BCUT2D eigenvalue weighted by atomic mass is 10.1. The number of nitrogens with zero attached hydrogens (tertiary/aromatic N) is 1. The van der Waals surface area contributed by atoms with Crippen LogP contribution in [0.1, 0.15) is 6.42 Å². The van der Waals surface area contributed by atoms with E-state index >= 15 is 0 Å². The van der Waals surface area contributed by atoms with Crippen LogP contribution >= 0.6 is 0 Å². The Morgan fingerprint density at radius 1 is 1.80 bits per heavy atom. The second-order valence-corrected chi connectivity index (χ2v) is 2.86. The summed E-state index contributed by atoms with van der Waals surface area (Å²) in [6.07, 6.45) is 0.524. The number of piperidine rings is 1. The zero-order valence-corrected chi connectivity index (χ0v) is 5.78. The highest BCUT2D eigenvalue weighted by atomic mass is 16.6. The van der Waals surface area contributed by atoms with Crippen molar-refractivity contribution in [2.45, 2.75) is 24.8 Å². The molecule has 0 aliphatic carbocycles. The number of rotatable bonds is 0. The van der Waals surface area contributed by atoms with Crippen LogP contribution in [0.5, 0.6) is 0 Å². The van der Waals surface area contributed by atoms with E-state index in [9.17, 15) is 4.79 Å². The average molecular weight is 142 g/mol. The summed E-state index contributed by atoms with van der Waals surface area (Å²) in [5.41, 5.74) is 5.60. The summed E-state index contributed by atoms with van der Waals surface area (Å²) in [5, 5.41) is 0. The molecule has 0 aromatic heterocycles. The molecule has 10 heavy (non-hydrogen) atoms. The van der Waals surface area contributed by atoms with Gasteiger partial charge in [0.2, 0.25) is 5.91 Å². The number of epoxide rings is 1. The molecule has 2 saturated heterocycles. The molecule has 0 aromatic rings. The van der Waals surface area contributed by atoms with E-state index < -0.39 is 0 Å². The number of ether oxygens (including phenoxy) is 1. The third-order valence-corrected chi connectivity index (χ3v) is 2.11. The zero-order valence-electron chi connectivity index (χ0n) is 5.78. The van der Waals surface area contributed by atoms with Gasteiger partial charge in [0.1, 0.15) is 6.10 Å². The Balaban J connectivity index is 2.12. The van der Waals surface area contributed by atoms with E-state index in [1.54, 1.807) is 11.9 Å². The quantitative estimate of drug-likeness (QED) is 0.437. The number of likely N-dealkylation sites (N-methyl/N-ethyl adjacent to an activating group) is 1. The first-order valence-electron chi connectivity index (χ1n) is 3.37. The predicted molar refractivity (Wildman–Crippen MR) is 34.0 cm³/mol. The molecule has 0 aromatic carbocycles. The Hall–Kier alpha value is -0.610. The minimum absolute atomic E-state index is 0.0174. The van der Waals surface area contributed by atoms with Gasteiger partial charge in [0.05, 0.1) is 0 Å². The van der Waals surface area contributed by atoms with E-state index in [1.165, 1.54) is 0 Å². The van der Waals surface area contributed by atoms with Crippen LogP contribution in [0.4, 0.5) is 0 Å². The van der Waals surface area contributed by atoms with Gasteiger partial charge in [-0.2, -0.15) is 0 Å². The summed E-state index contributed by atoms with van der Waals surface area (Å²) < 4.78 is 5.15. The number of carbonyl (C=O) groups is 1. The van der Waals surface area contributed by atoms with Crippen LogP contribution < -0.4 is 5.73 Å². The lowest BCUT2D eigenvalue weighted by Crippen LogP contribution is -2.45. The molecule has 3 atom stereocenters. The Kier molecular flexibility index (Phi) is 1.04.